The Morgan fingerprint density at radius 2 is 0.892 bits per heavy atom. The van der Waals surface area contributed by atoms with Gasteiger partial charge in [0.1, 0.15) is 0 Å². The van der Waals surface area contributed by atoms with E-state index in [1.54, 1.807) is 0 Å². The molecule has 0 amide bonds. The molecule has 188 valence electrons. The quantitative estimate of drug-likeness (QED) is 0.298. The van der Waals surface area contributed by atoms with E-state index < -0.39 is 16.5 Å². The van der Waals surface area contributed by atoms with Gasteiger partial charge in [-0.3, -0.25) is 0 Å². The molecule has 0 saturated carbocycles. The second-order valence-electron chi connectivity index (χ2n) is 11.5. The van der Waals surface area contributed by atoms with Gasteiger partial charge in [0.05, 0.1) is 0 Å². The van der Waals surface area contributed by atoms with Gasteiger partial charge in [0.25, 0.3) is 0 Å². The molecule has 0 N–H and O–H groups in total. The van der Waals surface area contributed by atoms with Crippen molar-refractivity contribution >= 4 is 41.1 Å². The summed E-state index contributed by atoms with van der Waals surface area (Å²) in [6, 6.07) is 20.3. The van der Waals surface area contributed by atoms with Gasteiger partial charge >= 0.3 is 37.7 Å². The first-order valence-electron chi connectivity index (χ1n) is 12.7. The van der Waals surface area contributed by atoms with Gasteiger partial charge in [-0.1, -0.05) is 122 Å². The van der Waals surface area contributed by atoms with E-state index in [2.05, 4.69) is 122 Å². The monoisotopic (exact) mass is 532 g/mol. The molecule has 0 radical (unpaired) electrons. The average Bonchev–Trinajstić information content (AvgIpc) is 2.73. The van der Waals surface area contributed by atoms with Crippen LogP contribution in [-0.2, 0) is 0 Å². The van der Waals surface area contributed by atoms with Crippen LogP contribution in [0.5, 0.6) is 0 Å². The summed E-state index contributed by atoms with van der Waals surface area (Å²) in [4.78, 5) is 11.0. The largest absolute Gasteiger partial charge is 1.00 e. The van der Waals surface area contributed by atoms with E-state index in [0.717, 1.165) is 0 Å². The van der Waals surface area contributed by atoms with Gasteiger partial charge < -0.3 is 9.96 Å². The van der Waals surface area contributed by atoms with Crippen molar-refractivity contribution in [3.05, 3.63) is 97.9 Å². The molecular weight excluding hydrogens is 489 g/mol. The summed E-state index contributed by atoms with van der Waals surface area (Å²) < 4.78 is 0. The van der Waals surface area contributed by atoms with E-state index in [4.69, 9.17) is 9.96 Å². The van der Waals surface area contributed by atoms with Crippen LogP contribution in [0.15, 0.2) is 54.6 Å². The Balaban J connectivity index is 0.00000342. The van der Waals surface area contributed by atoms with Crippen LogP contribution in [0.3, 0.4) is 0 Å². The minimum absolute atomic E-state index is 0. The van der Waals surface area contributed by atoms with E-state index in [1.165, 1.54) is 61.6 Å². The SMILES string of the molecule is Cc1cc(C)c([N-][Si](C)(C)CP(C[Si](C)(C)[N-]c2c(C)cc(C)cc2C)c2ccccc2)c(C)c1.[Li+].[Li+]. The third-order valence-electron chi connectivity index (χ3n) is 6.38. The minimum Gasteiger partial charge on any atom is -0.686 e. The molecule has 0 heterocycles. The smallest absolute Gasteiger partial charge is 0.686 e. The summed E-state index contributed by atoms with van der Waals surface area (Å²) in [5, 5.41) is 1.50. The fraction of sp³-hybridized carbons (Fsp3) is 0.400. The third kappa shape index (κ3) is 9.78. The molecule has 7 heteroatoms. The first-order chi connectivity index (χ1) is 16.3. The number of aryl methyl sites for hydroxylation is 6. The Kier molecular flexibility index (Phi) is 13.1. The predicted molar refractivity (Wildman–Crippen MR) is 165 cm³/mol. The van der Waals surface area contributed by atoms with Gasteiger partial charge in [-0.15, -0.1) is 11.4 Å². The summed E-state index contributed by atoms with van der Waals surface area (Å²) in [7, 11) is -4.05. The van der Waals surface area contributed by atoms with E-state index in [-0.39, 0.29) is 45.6 Å². The average molecular weight is 533 g/mol. The van der Waals surface area contributed by atoms with Crippen LogP contribution in [0.1, 0.15) is 33.4 Å². The second-order valence-corrected chi connectivity index (χ2v) is 23.4. The molecule has 0 saturated heterocycles. The van der Waals surface area contributed by atoms with Crippen molar-refractivity contribution in [1.29, 1.82) is 0 Å². The van der Waals surface area contributed by atoms with Crippen molar-refractivity contribution in [1.82, 2.24) is 0 Å². The molecule has 0 spiro atoms. The number of rotatable bonds is 9. The number of nitrogens with zero attached hydrogens (tertiary/aromatic N) is 2. The molecule has 0 unspecified atom stereocenters. The fourth-order valence-corrected chi connectivity index (χ4v) is 18.6. The van der Waals surface area contributed by atoms with Crippen molar-refractivity contribution in [3.8, 4) is 0 Å². The second kappa shape index (κ2) is 14.1. The summed E-state index contributed by atoms with van der Waals surface area (Å²) in [6.45, 7) is 23.0. The molecular formula is C30H43Li2N2PSi2. The normalized spacial score (nSPS) is 11.5. The Morgan fingerprint density at radius 1 is 0.568 bits per heavy atom. The maximum absolute atomic E-state index is 5.49. The van der Waals surface area contributed by atoms with Crippen molar-refractivity contribution in [2.24, 2.45) is 0 Å². The van der Waals surface area contributed by atoms with Crippen molar-refractivity contribution in [2.45, 2.75) is 67.7 Å². The van der Waals surface area contributed by atoms with Crippen molar-refractivity contribution < 1.29 is 37.7 Å². The molecule has 0 bridgehead atoms. The number of hydrogen-bond acceptors (Lipinski definition) is 0. The summed E-state index contributed by atoms with van der Waals surface area (Å²) in [5.41, 5.74) is 10.3. The molecule has 0 fully saturated rings. The van der Waals surface area contributed by atoms with Crippen LogP contribution in [0.25, 0.3) is 9.96 Å². The molecule has 3 rings (SSSR count). The maximum Gasteiger partial charge on any atom is 1.00 e. The van der Waals surface area contributed by atoms with E-state index in [9.17, 15) is 0 Å². The van der Waals surface area contributed by atoms with Crippen LogP contribution >= 0.6 is 7.92 Å². The third-order valence-corrected chi connectivity index (χ3v) is 18.3. The van der Waals surface area contributed by atoms with Gasteiger partial charge in [0.15, 0.2) is 0 Å². The standard InChI is InChI=1S/C30H43N2PSi2.2Li/c1-22-16-24(3)29(25(4)17-22)31-34(7,8)20-33(28-14-12-11-13-15-28)21-35(9,10)32-30-26(5)18-23(2)19-27(30)6;;/h11-19H,20-21H2,1-10H3;;/q-2;2*+1. The molecule has 3 aromatic carbocycles. The van der Waals surface area contributed by atoms with Crippen LogP contribution < -0.4 is 43.0 Å². The molecule has 2 nitrogen and oxygen atoms in total. The molecule has 0 aliphatic carbocycles. The first-order valence-corrected chi connectivity index (χ1v) is 20.7. The molecule has 3 aromatic rings. The molecule has 0 aliphatic rings. The van der Waals surface area contributed by atoms with Gasteiger partial charge in [-0.05, 0) is 74.9 Å². The zero-order chi connectivity index (χ0) is 26.0. The van der Waals surface area contributed by atoms with Crippen LogP contribution in [-0.4, -0.2) is 28.0 Å². The Labute approximate surface area is 254 Å². The first kappa shape index (κ1) is 34.3. The Hall–Kier alpha value is -0.681. The van der Waals surface area contributed by atoms with Crippen molar-refractivity contribution in [2.75, 3.05) is 11.6 Å². The van der Waals surface area contributed by atoms with E-state index in [0.29, 0.717) is 0 Å². The number of benzene rings is 3. The van der Waals surface area contributed by atoms with Gasteiger partial charge in [-0.25, -0.2) is 0 Å². The van der Waals surface area contributed by atoms with Crippen LogP contribution in [0.4, 0.5) is 11.4 Å². The zero-order valence-corrected chi connectivity index (χ0v) is 28.3. The van der Waals surface area contributed by atoms with Crippen LogP contribution in [0.2, 0.25) is 26.2 Å². The van der Waals surface area contributed by atoms with E-state index in [1.807, 2.05) is 0 Å². The topological polar surface area (TPSA) is 28.2 Å². The molecule has 37 heavy (non-hydrogen) atoms. The van der Waals surface area contributed by atoms with Crippen molar-refractivity contribution in [3.63, 3.8) is 0 Å². The fourth-order valence-electron chi connectivity index (χ4n) is 5.18. The summed E-state index contributed by atoms with van der Waals surface area (Å²) >= 11 is 0. The Morgan fingerprint density at radius 3 is 1.22 bits per heavy atom. The Bertz CT molecular complexity index is 1060. The number of hydrogen-bond donors (Lipinski definition) is 0. The van der Waals surface area contributed by atoms with E-state index >= 15 is 0 Å². The van der Waals surface area contributed by atoms with Crippen LogP contribution in [0, 0.1) is 41.5 Å². The molecule has 0 atom stereocenters. The molecule has 0 aliphatic heterocycles. The summed E-state index contributed by atoms with van der Waals surface area (Å²) in [6.07, 6.45) is 0. The minimum atomic E-state index is -1.86. The van der Waals surface area contributed by atoms with Gasteiger partial charge in [0, 0.05) is 0 Å². The summed E-state index contributed by atoms with van der Waals surface area (Å²) in [5.74, 6) is 2.41. The maximum atomic E-state index is 5.49. The van der Waals surface area contributed by atoms with Gasteiger partial charge in [-0.2, -0.15) is 0 Å². The van der Waals surface area contributed by atoms with Gasteiger partial charge in [0.2, 0.25) is 0 Å². The predicted octanol–water partition coefficient (Wildman–Crippen LogP) is 3.55. The zero-order valence-electron chi connectivity index (χ0n) is 25.5. The molecule has 0 aromatic heterocycles.